The minimum Gasteiger partial charge on any atom is -0.465 e. The van der Waals surface area contributed by atoms with E-state index in [0.29, 0.717) is 5.56 Å². The summed E-state index contributed by atoms with van der Waals surface area (Å²) in [4.78, 5) is 16.3. The van der Waals surface area contributed by atoms with Gasteiger partial charge in [0.25, 0.3) is 0 Å². The minimum absolute atomic E-state index is 0.213. The molecule has 1 aliphatic heterocycles. The molecule has 4 nitrogen and oxygen atoms in total. The molecule has 1 aliphatic rings. The molecule has 110 valence electrons. The molecule has 0 aliphatic carbocycles. The highest BCUT2D eigenvalue weighted by Crippen LogP contribution is 2.20. The number of benzene rings is 1. The number of esters is 1. The quantitative estimate of drug-likeness (QED) is 0.791. The third kappa shape index (κ3) is 3.38. The number of carbonyl (C=O) groups is 1. The lowest BCUT2D eigenvalue weighted by Crippen LogP contribution is -2.57. The van der Waals surface area contributed by atoms with E-state index in [1.807, 2.05) is 24.3 Å². The van der Waals surface area contributed by atoms with Crippen LogP contribution >= 0.6 is 0 Å². The maximum atomic E-state index is 11.4. The third-order valence-corrected chi connectivity index (χ3v) is 4.18. The maximum absolute atomic E-state index is 11.4. The highest BCUT2D eigenvalue weighted by atomic mass is 16.5. The van der Waals surface area contributed by atoms with Gasteiger partial charge in [-0.2, -0.15) is 0 Å². The van der Waals surface area contributed by atoms with Crippen LogP contribution in [0.3, 0.4) is 0 Å². The summed E-state index contributed by atoms with van der Waals surface area (Å²) in [5.74, 6) is -0.280. The highest BCUT2D eigenvalue weighted by Gasteiger charge is 2.30. The average Bonchev–Trinajstić information content (AvgIpc) is 2.42. The van der Waals surface area contributed by atoms with Gasteiger partial charge in [0.15, 0.2) is 0 Å². The van der Waals surface area contributed by atoms with Crippen molar-refractivity contribution in [3.8, 4) is 0 Å². The monoisotopic (exact) mass is 276 g/mol. The first-order valence-electron chi connectivity index (χ1n) is 7.03. The van der Waals surface area contributed by atoms with E-state index >= 15 is 0 Å². The van der Waals surface area contributed by atoms with Gasteiger partial charge in [0, 0.05) is 31.7 Å². The number of likely N-dealkylation sites (N-methyl/N-ethyl adjacent to an activating group) is 1. The number of ether oxygens (including phenoxy) is 1. The SMILES string of the molecule is COC(=O)c1ccc(CN2CCN(C)C(C)(C)C2)cc1. The normalized spacial score (nSPS) is 19.8. The van der Waals surface area contributed by atoms with E-state index in [-0.39, 0.29) is 11.5 Å². The second-order valence-electron chi connectivity index (χ2n) is 6.13. The predicted molar refractivity (Wildman–Crippen MR) is 79.8 cm³/mol. The fraction of sp³-hybridized carbons (Fsp3) is 0.562. The van der Waals surface area contributed by atoms with Crippen LogP contribution in [0.5, 0.6) is 0 Å². The van der Waals surface area contributed by atoms with E-state index in [1.54, 1.807) is 0 Å². The second kappa shape index (κ2) is 5.94. The Morgan fingerprint density at radius 2 is 1.90 bits per heavy atom. The molecule has 0 radical (unpaired) electrons. The zero-order chi connectivity index (χ0) is 14.8. The Morgan fingerprint density at radius 3 is 2.45 bits per heavy atom. The third-order valence-electron chi connectivity index (χ3n) is 4.18. The van der Waals surface area contributed by atoms with Crippen molar-refractivity contribution in [3.63, 3.8) is 0 Å². The van der Waals surface area contributed by atoms with E-state index < -0.39 is 0 Å². The van der Waals surface area contributed by atoms with Gasteiger partial charge in [-0.3, -0.25) is 9.80 Å². The van der Waals surface area contributed by atoms with Crippen LogP contribution < -0.4 is 0 Å². The number of hydrogen-bond acceptors (Lipinski definition) is 4. The van der Waals surface area contributed by atoms with Crippen LogP contribution in [0.4, 0.5) is 0 Å². The molecule has 20 heavy (non-hydrogen) atoms. The Balaban J connectivity index is 1.99. The first-order chi connectivity index (χ1) is 9.42. The molecule has 0 N–H and O–H groups in total. The van der Waals surface area contributed by atoms with Gasteiger partial charge in [0.05, 0.1) is 12.7 Å². The van der Waals surface area contributed by atoms with Gasteiger partial charge in [-0.1, -0.05) is 12.1 Å². The number of rotatable bonds is 3. The first kappa shape index (κ1) is 15.0. The summed E-state index contributed by atoms with van der Waals surface area (Å²) in [6, 6.07) is 7.69. The molecule has 0 atom stereocenters. The number of methoxy groups -OCH3 is 1. The van der Waals surface area contributed by atoms with Crippen molar-refractivity contribution in [1.29, 1.82) is 0 Å². The van der Waals surface area contributed by atoms with Crippen LogP contribution in [0.15, 0.2) is 24.3 Å². The maximum Gasteiger partial charge on any atom is 0.337 e. The van der Waals surface area contributed by atoms with E-state index in [4.69, 9.17) is 4.74 Å². The second-order valence-corrected chi connectivity index (χ2v) is 6.13. The molecule has 1 aromatic rings. The van der Waals surface area contributed by atoms with Crippen LogP contribution in [0, 0.1) is 0 Å². The molecule has 1 heterocycles. The van der Waals surface area contributed by atoms with E-state index in [1.165, 1.54) is 12.7 Å². The van der Waals surface area contributed by atoms with Crippen molar-refractivity contribution in [2.45, 2.75) is 25.9 Å². The van der Waals surface area contributed by atoms with Gasteiger partial charge < -0.3 is 4.74 Å². The minimum atomic E-state index is -0.280. The van der Waals surface area contributed by atoms with Gasteiger partial charge in [0.2, 0.25) is 0 Å². The number of carbonyl (C=O) groups excluding carboxylic acids is 1. The number of nitrogens with zero attached hydrogens (tertiary/aromatic N) is 2. The molecule has 0 aromatic heterocycles. The summed E-state index contributed by atoms with van der Waals surface area (Å²) in [5, 5.41) is 0. The zero-order valence-electron chi connectivity index (χ0n) is 12.8. The molecule has 0 spiro atoms. The van der Waals surface area contributed by atoms with Gasteiger partial charge in [-0.15, -0.1) is 0 Å². The molecule has 1 fully saturated rings. The summed E-state index contributed by atoms with van der Waals surface area (Å²) in [7, 11) is 3.59. The predicted octanol–water partition coefficient (Wildman–Crippen LogP) is 2.00. The first-order valence-corrected chi connectivity index (χ1v) is 7.03. The summed E-state index contributed by atoms with van der Waals surface area (Å²) in [6.45, 7) is 8.71. The summed E-state index contributed by atoms with van der Waals surface area (Å²) >= 11 is 0. The van der Waals surface area contributed by atoms with Crippen LogP contribution in [0.2, 0.25) is 0 Å². The molecule has 1 aromatic carbocycles. The Morgan fingerprint density at radius 1 is 1.25 bits per heavy atom. The Labute approximate surface area is 121 Å². The molecule has 1 saturated heterocycles. The van der Waals surface area contributed by atoms with Crippen LogP contribution in [-0.2, 0) is 11.3 Å². The van der Waals surface area contributed by atoms with Crippen molar-refractivity contribution in [2.75, 3.05) is 33.8 Å². The van der Waals surface area contributed by atoms with Crippen molar-refractivity contribution >= 4 is 5.97 Å². The summed E-state index contributed by atoms with van der Waals surface area (Å²) in [5.41, 5.74) is 2.05. The molecule has 4 heteroatoms. The largest absolute Gasteiger partial charge is 0.465 e. The van der Waals surface area contributed by atoms with Crippen LogP contribution in [0.1, 0.15) is 29.8 Å². The number of piperazine rings is 1. The fourth-order valence-corrected chi connectivity index (χ4v) is 2.60. The smallest absolute Gasteiger partial charge is 0.337 e. The molecule has 2 rings (SSSR count). The summed E-state index contributed by atoms with van der Waals surface area (Å²) in [6.07, 6.45) is 0. The lowest BCUT2D eigenvalue weighted by molar-refractivity contribution is 0.0360. The van der Waals surface area contributed by atoms with Crippen molar-refractivity contribution in [2.24, 2.45) is 0 Å². The molecular weight excluding hydrogens is 252 g/mol. The summed E-state index contributed by atoms with van der Waals surface area (Å²) < 4.78 is 4.71. The molecular formula is C16H24N2O2. The van der Waals surface area contributed by atoms with Crippen molar-refractivity contribution in [1.82, 2.24) is 9.80 Å². The average molecular weight is 276 g/mol. The zero-order valence-corrected chi connectivity index (χ0v) is 12.8. The van der Waals surface area contributed by atoms with E-state index in [9.17, 15) is 4.79 Å². The van der Waals surface area contributed by atoms with Crippen LogP contribution in [-0.4, -0.2) is 55.1 Å². The van der Waals surface area contributed by atoms with Crippen molar-refractivity contribution < 1.29 is 9.53 Å². The Kier molecular flexibility index (Phi) is 4.45. The lowest BCUT2D eigenvalue weighted by atomic mass is 9.99. The van der Waals surface area contributed by atoms with Crippen LogP contribution in [0.25, 0.3) is 0 Å². The van der Waals surface area contributed by atoms with Crippen molar-refractivity contribution in [3.05, 3.63) is 35.4 Å². The topological polar surface area (TPSA) is 32.8 Å². The van der Waals surface area contributed by atoms with Gasteiger partial charge in [-0.05, 0) is 38.6 Å². The van der Waals surface area contributed by atoms with Gasteiger partial charge in [-0.25, -0.2) is 4.79 Å². The standard InChI is InChI=1S/C16H24N2O2/c1-16(2)12-18(10-9-17(16)3)11-13-5-7-14(8-6-13)15(19)20-4/h5-8H,9-12H2,1-4H3. The number of hydrogen-bond donors (Lipinski definition) is 0. The molecule has 0 unspecified atom stereocenters. The molecule has 0 bridgehead atoms. The van der Waals surface area contributed by atoms with E-state index in [2.05, 4.69) is 30.7 Å². The highest BCUT2D eigenvalue weighted by molar-refractivity contribution is 5.89. The van der Waals surface area contributed by atoms with E-state index in [0.717, 1.165) is 26.2 Å². The molecule has 0 amide bonds. The Hall–Kier alpha value is -1.39. The lowest BCUT2D eigenvalue weighted by Gasteiger charge is -2.45. The molecule has 0 saturated carbocycles. The van der Waals surface area contributed by atoms with Gasteiger partial charge >= 0.3 is 5.97 Å². The van der Waals surface area contributed by atoms with Gasteiger partial charge in [0.1, 0.15) is 0 Å². The fourth-order valence-electron chi connectivity index (χ4n) is 2.60. The Bertz CT molecular complexity index is 468.